The van der Waals surface area contributed by atoms with Crippen molar-refractivity contribution in [1.29, 1.82) is 0 Å². The summed E-state index contributed by atoms with van der Waals surface area (Å²) in [5.41, 5.74) is 1.18. The number of aryl methyl sites for hydroxylation is 1. The zero-order chi connectivity index (χ0) is 15.4. The van der Waals surface area contributed by atoms with Crippen molar-refractivity contribution in [3.8, 4) is 0 Å². The molecule has 1 saturated heterocycles. The van der Waals surface area contributed by atoms with E-state index in [-0.39, 0.29) is 0 Å². The number of nitrogens with one attached hydrogen (secondary N) is 1. The van der Waals surface area contributed by atoms with Gasteiger partial charge in [0.15, 0.2) is 0 Å². The Morgan fingerprint density at radius 2 is 1.86 bits per heavy atom. The van der Waals surface area contributed by atoms with Gasteiger partial charge in [0.1, 0.15) is 17.5 Å². The molecule has 0 radical (unpaired) electrons. The van der Waals surface area contributed by atoms with Crippen LogP contribution < -0.4 is 10.2 Å². The molecule has 1 aromatic heterocycles. The molecule has 118 valence electrons. The number of thioether (sulfide) groups is 1. The van der Waals surface area contributed by atoms with Crippen molar-refractivity contribution in [3.63, 3.8) is 0 Å². The second kappa shape index (κ2) is 7.34. The highest BCUT2D eigenvalue weighted by atomic mass is 32.2. The zero-order valence-electron chi connectivity index (χ0n) is 13.9. The molecule has 0 spiro atoms. The Bertz CT molecular complexity index is 468. The van der Waals surface area contributed by atoms with Crippen molar-refractivity contribution in [1.82, 2.24) is 9.97 Å². The van der Waals surface area contributed by atoms with E-state index in [4.69, 9.17) is 9.97 Å². The fourth-order valence-corrected chi connectivity index (χ4v) is 4.21. The van der Waals surface area contributed by atoms with Crippen LogP contribution in [0.4, 0.5) is 11.6 Å². The molecular formula is C16H28N4S. The summed E-state index contributed by atoms with van der Waals surface area (Å²) >= 11 is 2.07. The van der Waals surface area contributed by atoms with E-state index in [1.165, 1.54) is 5.56 Å². The summed E-state index contributed by atoms with van der Waals surface area (Å²) in [5, 5.41) is 4.70. The highest BCUT2D eigenvalue weighted by Crippen LogP contribution is 2.31. The maximum absolute atomic E-state index is 4.86. The van der Waals surface area contributed by atoms with Crippen LogP contribution in [0.1, 0.15) is 45.5 Å². The lowest BCUT2D eigenvalue weighted by atomic mass is 10.2. The van der Waals surface area contributed by atoms with E-state index in [2.05, 4.69) is 56.6 Å². The van der Waals surface area contributed by atoms with E-state index in [0.29, 0.717) is 10.5 Å². The molecule has 2 unspecified atom stereocenters. The van der Waals surface area contributed by atoms with Crippen molar-refractivity contribution in [2.24, 2.45) is 0 Å². The second-order valence-corrected chi connectivity index (χ2v) is 7.76. The van der Waals surface area contributed by atoms with Gasteiger partial charge in [0.2, 0.25) is 0 Å². The van der Waals surface area contributed by atoms with Crippen molar-refractivity contribution in [2.75, 3.05) is 29.9 Å². The van der Waals surface area contributed by atoms with Crippen LogP contribution in [0.15, 0.2) is 0 Å². The fourth-order valence-electron chi connectivity index (χ4n) is 2.88. The zero-order valence-corrected chi connectivity index (χ0v) is 14.8. The van der Waals surface area contributed by atoms with E-state index in [1.807, 2.05) is 0 Å². The lowest BCUT2D eigenvalue weighted by Gasteiger charge is -2.36. The van der Waals surface area contributed by atoms with Crippen LogP contribution >= 0.6 is 11.8 Å². The third-order valence-electron chi connectivity index (χ3n) is 3.70. The van der Waals surface area contributed by atoms with Gasteiger partial charge in [-0.3, -0.25) is 0 Å². The molecule has 2 heterocycles. The normalized spacial score (nSPS) is 22.4. The first kappa shape index (κ1) is 16.4. The maximum atomic E-state index is 4.86. The first-order valence-electron chi connectivity index (χ1n) is 8.06. The SMILES string of the molecule is CCCc1nc(NCC)c(C)c(N2CC(C)SC(C)C2)n1. The van der Waals surface area contributed by atoms with Gasteiger partial charge in [-0.2, -0.15) is 11.8 Å². The van der Waals surface area contributed by atoms with E-state index in [0.717, 1.165) is 49.9 Å². The standard InChI is InChI=1S/C16H28N4S/c1-6-8-14-18-15(17-7-2)13(5)16(19-14)20-9-11(3)21-12(4)10-20/h11-12H,6-10H2,1-5H3,(H,17,18,19). The molecule has 1 aliphatic rings. The van der Waals surface area contributed by atoms with Gasteiger partial charge in [-0.15, -0.1) is 0 Å². The summed E-state index contributed by atoms with van der Waals surface area (Å²) in [6.45, 7) is 14.1. The monoisotopic (exact) mass is 308 g/mol. The molecule has 21 heavy (non-hydrogen) atoms. The third-order valence-corrected chi connectivity index (χ3v) is 4.93. The van der Waals surface area contributed by atoms with Crippen LogP contribution in [0.25, 0.3) is 0 Å². The number of anilines is 2. The molecule has 0 amide bonds. The minimum absolute atomic E-state index is 0.653. The summed E-state index contributed by atoms with van der Waals surface area (Å²) in [6.07, 6.45) is 2.02. The van der Waals surface area contributed by atoms with Crippen LogP contribution in [0.3, 0.4) is 0 Å². The molecule has 1 fully saturated rings. The van der Waals surface area contributed by atoms with Crippen LogP contribution in [0, 0.1) is 6.92 Å². The third kappa shape index (κ3) is 4.02. The summed E-state index contributed by atoms with van der Waals surface area (Å²) in [4.78, 5) is 12.0. The maximum Gasteiger partial charge on any atom is 0.137 e. The Hall–Kier alpha value is -0.970. The number of hydrogen-bond acceptors (Lipinski definition) is 5. The predicted octanol–water partition coefficient (Wildman–Crippen LogP) is 3.50. The molecule has 0 aliphatic carbocycles. The van der Waals surface area contributed by atoms with E-state index >= 15 is 0 Å². The molecule has 1 aromatic rings. The van der Waals surface area contributed by atoms with Crippen LogP contribution in [0.5, 0.6) is 0 Å². The van der Waals surface area contributed by atoms with Gasteiger partial charge < -0.3 is 10.2 Å². The van der Waals surface area contributed by atoms with Crippen LogP contribution in [-0.2, 0) is 6.42 Å². The van der Waals surface area contributed by atoms with Gasteiger partial charge in [0.25, 0.3) is 0 Å². The first-order chi connectivity index (χ1) is 10.0. The average Bonchev–Trinajstić information content (AvgIpc) is 2.41. The number of aromatic nitrogens is 2. The highest BCUT2D eigenvalue weighted by Gasteiger charge is 2.25. The van der Waals surface area contributed by atoms with Crippen molar-refractivity contribution >= 4 is 23.4 Å². The quantitative estimate of drug-likeness (QED) is 0.901. The highest BCUT2D eigenvalue weighted by molar-refractivity contribution is 8.00. The topological polar surface area (TPSA) is 41.1 Å². The van der Waals surface area contributed by atoms with E-state index in [9.17, 15) is 0 Å². The summed E-state index contributed by atoms with van der Waals surface area (Å²) < 4.78 is 0. The molecule has 1 N–H and O–H groups in total. The molecular weight excluding hydrogens is 280 g/mol. The molecule has 1 aliphatic heterocycles. The Morgan fingerprint density at radius 3 is 2.43 bits per heavy atom. The molecule has 4 nitrogen and oxygen atoms in total. The smallest absolute Gasteiger partial charge is 0.137 e. The second-order valence-electron chi connectivity index (χ2n) is 5.88. The molecule has 2 atom stereocenters. The molecule has 0 bridgehead atoms. The van der Waals surface area contributed by atoms with Crippen LogP contribution in [0.2, 0.25) is 0 Å². The summed E-state index contributed by atoms with van der Waals surface area (Å²) in [7, 11) is 0. The van der Waals surface area contributed by atoms with Crippen LogP contribution in [-0.4, -0.2) is 40.1 Å². The molecule has 5 heteroatoms. The lowest BCUT2D eigenvalue weighted by molar-refractivity contribution is 0.707. The fraction of sp³-hybridized carbons (Fsp3) is 0.750. The average molecular weight is 308 g/mol. The van der Waals surface area contributed by atoms with Gasteiger partial charge in [0, 0.05) is 42.1 Å². The minimum Gasteiger partial charge on any atom is -0.370 e. The molecule has 2 rings (SSSR count). The number of rotatable bonds is 5. The lowest BCUT2D eigenvalue weighted by Crippen LogP contribution is -2.41. The van der Waals surface area contributed by atoms with Gasteiger partial charge in [0.05, 0.1) is 0 Å². The van der Waals surface area contributed by atoms with E-state index < -0.39 is 0 Å². The van der Waals surface area contributed by atoms with Gasteiger partial charge in [-0.25, -0.2) is 9.97 Å². The first-order valence-corrected chi connectivity index (χ1v) is 9.01. The molecule has 0 aromatic carbocycles. The Kier molecular flexibility index (Phi) is 5.73. The number of hydrogen-bond donors (Lipinski definition) is 1. The van der Waals surface area contributed by atoms with Gasteiger partial charge in [-0.1, -0.05) is 20.8 Å². The Labute approximate surface area is 133 Å². The van der Waals surface area contributed by atoms with Crippen molar-refractivity contribution in [2.45, 2.75) is 58.0 Å². The van der Waals surface area contributed by atoms with Gasteiger partial charge in [-0.05, 0) is 20.3 Å². The Balaban J connectivity index is 2.35. The summed E-state index contributed by atoms with van der Waals surface area (Å²) in [6, 6.07) is 0. The van der Waals surface area contributed by atoms with Gasteiger partial charge >= 0.3 is 0 Å². The predicted molar refractivity (Wildman–Crippen MR) is 93.7 cm³/mol. The van der Waals surface area contributed by atoms with E-state index in [1.54, 1.807) is 0 Å². The summed E-state index contributed by atoms with van der Waals surface area (Å²) in [5.74, 6) is 3.10. The molecule has 0 saturated carbocycles. The van der Waals surface area contributed by atoms with Crippen molar-refractivity contribution < 1.29 is 0 Å². The largest absolute Gasteiger partial charge is 0.370 e. The van der Waals surface area contributed by atoms with Crippen molar-refractivity contribution in [3.05, 3.63) is 11.4 Å². The minimum atomic E-state index is 0.653. The Morgan fingerprint density at radius 1 is 1.19 bits per heavy atom. The number of nitrogens with zero attached hydrogens (tertiary/aromatic N) is 3.